The minimum atomic E-state index is 0.332. The second kappa shape index (κ2) is 5.52. The van der Waals surface area contributed by atoms with E-state index in [2.05, 4.69) is 15.9 Å². The number of halogens is 1. The zero-order chi connectivity index (χ0) is 11.5. The Morgan fingerprint density at radius 2 is 1.88 bits per heavy atom. The molecule has 0 aromatic rings. The summed E-state index contributed by atoms with van der Waals surface area (Å²) in [7, 11) is 1.98. The Bertz CT molecular complexity index is 244. The normalized spacial score (nSPS) is 30.9. The lowest BCUT2D eigenvalue weighted by atomic mass is 9.84. The van der Waals surface area contributed by atoms with E-state index in [4.69, 9.17) is 0 Å². The van der Waals surface area contributed by atoms with E-state index in [0.29, 0.717) is 16.7 Å². The minimum absolute atomic E-state index is 0.332. The van der Waals surface area contributed by atoms with Crippen LogP contribution in [0.3, 0.4) is 0 Å². The Balaban J connectivity index is 1.74. The molecule has 0 bridgehead atoms. The Labute approximate surface area is 107 Å². The largest absolute Gasteiger partial charge is 0.345 e. The Morgan fingerprint density at radius 3 is 2.44 bits per heavy atom. The smallest absolute Gasteiger partial charge is 0.225 e. The van der Waals surface area contributed by atoms with Crippen molar-refractivity contribution in [2.45, 2.75) is 49.8 Å². The third-order valence-electron chi connectivity index (χ3n) is 4.04. The SMILES string of the molecule is CN(CC1CC(Br)C1)C(=O)C1CCCCC1. The van der Waals surface area contributed by atoms with Crippen LogP contribution in [0.5, 0.6) is 0 Å². The van der Waals surface area contributed by atoms with E-state index in [1.54, 1.807) is 0 Å². The standard InChI is InChI=1S/C13H22BrNO/c1-15(9-10-7-12(14)8-10)13(16)11-5-3-2-4-6-11/h10-12H,2-9H2,1H3. The first-order valence-electron chi connectivity index (χ1n) is 6.56. The van der Waals surface area contributed by atoms with Gasteiger partial charge in [-0.2, -0.15) is 0 Å². The summed E-state index contributed by atoms with van der Waals surface area (Å²) in [6.45, 7) is 0.970. The molecule has 2 nitrogen and oxygen atoms in total. The molecule has 0 heterocycles. The third kappa shape index (κ3) is 2.99. The van der Waals surface area contributed by atoms with Crippen molar-refractivity contribution < 1.29 is 4.79 Å². The summed E-state index contributed by atoms with van der Waals surface area (Å²) in [4.78, 5) is 14.9. The van der Waals surface area contributed by atoms with Crippen molar-refractivity contribution in [2.24, 2.45) is 11.8 Å². The van der Waals surface area contributed by atoms with Gasteiger partial charge in [-0.3, -0.25) is 4.79 Å². The van der Waals surface area contributed by atoms with Crippen molar-refractivity contribution >= 4 is 21.8 Å². The van der Waals surface area contributed by atoms with E-state index in [-0.39, 0.29) is 0 Å². The van der Waals surface area contributed by atoms with E-state index >= 15 is 0 Å². The lowest BCUT2D eigenvalue weighted by Gasteiger charge is -2.36. The molecule has 2 aliphatic carbocycles. The maximum Gasteiger partial charge on any atom is 0.225 e. The van der Waals surface area contributed by atoms with Gasteiger partial charge < -0.3 is 4.90 Å². The molecule has 0 aromatic carbocycles. The number of alkyl halides is 1. The number of nitrogens with zero attached hydrogens (tertiary/aromatic N) is 1. The Hall–Kier alpha value is -0.0500. The highest BCUT2D eigenvalue weighted by molar-refractivity contribution is 9.09. The molecule has 0 atom stereocenters. The highest BCUT2D eigenvalue weighted by Gasteiger charge is 2.30. The Kier molecular flexibility index (Phi) is 4.28. The van der Waals surface area contributed by atoms with Crippen LogP contribution in [-0.2, 0) is 4.79 Å². The van der Waals surface area contributed by atoms with Crippen LogP contribution in [0.2, 0.25) is 0 Å². The first kappa shape index (κ1) is 12.4. The van der Waals surface area contributed by atoms with Gasteiger partial charge in [0.25, 0.3) is 0 Å². The molecule has 2 saturated carbocycles. The van der Waals surface area contributed by atoms with E-state index in [9.17, 15) is 4.79 Å². The van der Waals surface area contributed by atoms with Gasteiger partial charge in [0.1, 0.15) is 0 Å². The molecule has 0 aliphatic heterocycles. The van der Waals surface area contributed by atoms with Crippen LogP contribution < -0.4 is 0 Å². The van der Waals surface area contributed by atoms with Gasteiger partial charge in [-0.25, -0.2) is 0 Å². The molecule has 0 radical (unpaired) electrons. The molecular weight excluding hydrogens is 266 g/mol. The fourth-order valence-corrected chi connectivity index (χ4v) is 4.00. The van der Waals surface area contributed by atoms with Crippen LogP contribution in [0, 0.1) is 11.8 Å². The highest BCUT2D eigenvalue weighted by atomic mass is 79.9. The summed E-state index contributed by atoms with van der Waals surface area (Å²) >= 11 is 3.60. The van der Waals surface area contributed by atoms with Crippen LogP contribution >= 0.6 is 15.9 Å². The third-order valence-corrected chi connectivity index (χ3v) is 4.79. The van der Waals surface area contributed by atoms with E-state index in [1.807, 2.05) is 11.9 Å². The molecule has 0 saturated heterocycles. The van der Waals surface area contributed by atoms with Crippen molar-refractivity contribution in [3.05, 3.63) is 0 Å². The zero-order valence-electron chi connectivity index (χ0n) is 10.1. The predicted molar refractivity (Wildman–Crippen MR) is 69.7 cm³/mol. The number of hydrogen-bond acceptors (Lipinski definition) is 1. The maximum absolute atomic E-state index is 12.2. The topological polar surface area (TPSA) is 20.3 Å². The van der Waals surface area contributed by atoms with Gasteiger partial charge >= 0.3 is 0 Å². The second-order valence-electron chi connectivity index (χ2n) is 5.49. The first-order chi connectivity index (χ1) is 7.66. The maximum atomic E-state index is 12.2. The van der Waals surface area contributed by atoms with Crippen molar-refractivity contribution in [3.63, 3.8) is 0 Å². The van der Waals surface area contributed by atoms with Gasteiger partial charge in [0.05, 0.1) is 0 Å². The average molecular weight is 288 g/mol. The van der Waals surface area contributed by atoms with Gasteiger partial charge in [0.2, 0.25) is 5.91 Å². The second-order valence-corrected chi connectivity index (χ2v) is 6.78. The lowest BCUT2D eigenvalue weighted by molar-refractivity contribution is -0.136. The van der Waals surface area contributed by atoms with Gasteiger partial charge in [0.15, 0.2) is 0 Å². The van der Waals surface area contributed by atoms with Crippen molar-refractivity contribution in [1.29, 1.82) is 0 Å². The molecule has 1 amide bonds. The molecule has 0 aromatic heterocycles. The number of rotatable bonds is 3. The molecule has 3 heteroatoms. The van der Waals surface area contributed by atoms with E-state index in [1.165, 1.54) is 32.1 Å². The average Bonchev–Trinajstić information content (AvgIpc) is 2.27. The van der Waals surface area contributed by atoms with Crippen molar-refractivity contribution in [2.75, 3.05) is 13.6 Å². The minimum Gasteiger partial charge on any atom is -0.345 e. The summed E-state index contributed by atoms with van der Waals surface area (Å²) in [5.41, 5.74) is 0. The number of carbonyl (C=O) groups excluding carboxylic acids is 1. The first-order valence-corrected chi connectivity index (χ1v) is 7.47. The molecule has 92 valence electrons. The number of amides is 1. The summed E-state index contributed by atoms with van der Waals surface area (Å²) < 4.78 is 0. The lowest BCUT2D eigenvalue weighted by Crippen LogP contribution is -2.40. The van der Waals surface area contributed by atoms with Gasteiger partial charge in [-0.15, -0.1) is 0 Å². The highest BCUT2D eigenvalue weighted by Crippen LogP contribution is 2.34. The molecule has 2 rings (SSSR count). The van der Waals surface area contributed by atoms with Crippen LogP contribution in [-0.4, -0.2) is 29.2 Å². The quantitative estimate of drug-likeness (QED) is 0.730. The predicted octanol–water partition coefficient (Wildman–Crippen LogP) is 3.20. The zero-order valence-corrected chi connectivity index (χ0v) is 11.7. The van der Waals surface area contributed by atoms with Gasteiger partial charge in [-0.05, 0) is 31.6 Å². The van der Waals surface area contributed by atoms with E-state index in [0.717, 1.165) is 25.3 Å². The van der Waals surface area contributed by atoms with Crippen LogP contribution in [0.4, 0.5) is 0 Å². The van der Waals surface area contributed by atoms with Crippen molar-refractivity contribution in [1.82, 2.24) is 4.90 Å². The fourth-order valence-electron chi connectivity index (χ4n) is 2.94. The summed E-state index contributed by atoms with van der Waals surface area (Å²) in [6.07, 6.45) is 8.53. The van der Waals surface area contributed by atoms with Gasteiger partial charge in [0, 0.05) is 24.3 Å². The summed E-state index contributed by atoms with van der Waals surface area (Å²) in [5, 5.41) is 0. The molecule has 0 N–H and O–H groups in total. The summed E-state index contributed by atoms with van der Waals surface area (Å²) in [5.74, 6) is 1.47. The molecule has 2 aliphatic rings. The molecule has 0 unspecified atom stereocenters. The van der Waals surface area contributed by atoms with E-state index < -0.39 is 0 Å². The van der Waals surface area contributed by atoms with Gasteiger partial charge in [-0.1, -0.05) is 35.2 Å². The molecule has 2 fully saturated rings. The van der Waals surface area contributed by atoms with Crippen LogP contribution in [0.15, 0.2) is 0 Å². The van der Waals surface area contributed by atoms with Crippen LogP contribution in [0.1, 0.15) is 44.9 Å². The Morgan fingerprint density at radius 1 is 1.25 bits per heavy atom. The van der Waals surface area contributed by atoms with Crippen LogP contribution in [0.25, 0.3) is 0 Å². The summed E-state index contributed by atoms with van der Waals surface area (Å²) in [6, 6.07) is 0. The van der Waals surface area contributed by atoms with Crippen molar-refractivity contribution in [3.8, 4) is 0 Å². The molecule has 16 heavy (non-hydrogen) atoms. The fraction of sp³-hybridized carbons (Fsp3) is 0.923. The number of carbonyl (C=O) groups is 1. The molecular formula is C13H22BrNO. The number of hydrogen-bond donors (Lipinski definition) is 0. The molecule has 0 spiro atoms. The monoisotopic (exact) mass is 287 g/mol.